The lowest BCUT2D eigenvalue weighted by Gasteiger charge is -2.26. The third-order valence-electron chi connectivity index (χ3n) is 6.71. The van der Waals surface area contributed by atoms with Gasteiger partial charge in [-0.2, -0.15) is 0 Å². The van der Waals surface area contributed by atoms with Gasteiger partial charge in [-0.3, -0.25) is 4.79 Å². The highest BCUT2D eigenvalue weighted by Crippen LogP contribution is 2.44. The van der Waals surface area contributed by atoms with Gasteiger partial charge >= 0.3 is 0 Å². The maximum atomic E-state index is 13.3. The Balaban J connectivity index is 1.46. The van der Waals surface area contributed by atoms with Gasteiger partial charge in [-0.15, -0.1) is 0 Å². The molecule has 1 fully saturated rings. The first-order chi connectivity index (χ1) is 14.3. The summed E-state index contributed by atoms with van der Waals surface area (Å²) in [6, 6.07) is 13.1. The fraction of sp³-hybridized carbons (Fsp3) is 0.458. The molecule has 1 N–H and O–H groups in total. The number of sulfonamides is 1. The minimum atomic E-state index is -3.67. The first kappa shape index (κ1) is 19.8. The van der Waals surface area contributed by atoms with Crippen molar-refractivity contribution in [1.82, 2.24) is 4.72 Å². The van der Waals surface area contributed by atoms with E-state index in [0.29, 0.717) is 6.54 Å². The van der Waals surface area contributed by atoms with E-state index in [0.717, 1.165) is 48.9 Å². The molecule has 0 spiro atoms. The molecule has 2 aromatic rings. The van der Waals surface area contributed by atoms with Crippen molar-refractivity contribution in [3.05, 3.63) is 59.2 Å². The monoisotopic (exact) mass is 424 g/mol. The molecule has 1 heterocycles. The van der Waals surface area contributed by atoms with E-state index in [1.54, 1.807) is 12.1 Å². The molecule has 158 valence electrons. The summed E-state index contributed by atoms with van der Waals surface area (Å²) < 4.78 is 29.5. The van der Waals surface area contributed by atoms with E-state index in [2.05, 4.69) is 24.6 Å². The van der Waals surface area contributed by atoms with Crippen molar-refractivity contribution in [1.29, 1.82) is 0 Å². The second kappa shape index (κ2) is 6.92. The Bertz CT molecular complexity index is 1120. The Hall–Kier alpha value is -2.18. The van der Waals surface area contributed by atoms with Crippen LogP contribution in [0.1, 0.15) is 62.3 Å². The third kappa shape index (κ3) is 3.36. The summed E-state index contributed by atoms with van der Waals surface area (Å²) in [6.45, 7) is 4.75. The molecule has 5 nitrogen and oxygen atoms in total. The Morgan fingerprint density at radius 3 is 2.63 bits per heavy atom. The van der Waals surface area contributed by atoms with E-state index in [-0.39, 0.29) is 28.2 Å². The van der Waals surface area contributed by atoms with E-state index in [1.807, 2.05) is 29.2 Å². The summed E-state index contributed by atoms with van der Waals surface area (Å²) in [5.74, 6) is 0.317. The molecule has 1 aliphatic heterocycles. The van der Waals surface area contributed by atoms with Crippen LogP contribution in [0.15, 0.2) is 47.4 Å². The minimum Gasteiger partial charge on any atom is -0.311 e. The van der Waals surface area contributed by atoms with E-state index in [1.165, 1.54) is 5.56 Å². The molecule has 0 saturated heterocycles. The number of hydrogen-bond donors (Lipinski definition) is 1. The molecule has 1 amide bonds. The van der Waals surface area contributed by atoms with Gasteiger partial charge in [-0.05, 0) is 67.0 Å². The molecule has 1 unspecified atom stereocenters. The van der Waals surface area contributed by atoms with Gasteiger partial charge in [0.1, 0.15) is 0 Å². The van der Waals surface area contributed by atoms with Crippen LogP contribution in [0, 0.1) is 5.92 Å². The van der Waals surface area contributed by atoms with Crippen molar-refractivity contribution in [2.45, 2.75) is 62.3 Å². The molecule has 0 radical (unpaired) electrons. The fourth-order valence-corrected chi connectivity index (χ4v) is 6.18. The van der Waals surface area contributed by atoms with Gasteiger partial charge in [-0.25, -0.2) is 13.1 Å². The Morgan fingerprint density at radius 2 is 1.87 bits per heavy atom. The predicted molar refractivity (Wildman–Crippen MR) is 117 cm³/mol. The van der Waals surface area contributed by atoms with E-state index in [4.69, 9.17) is 0 Å². The largest absolute Gasteiger partial charge is 0.311 e. The van der Waals surface area contributed by atoms with E-state index >= 15 is 0 Å². The number of carbonyl (C=O) groups is 1. The summed E-state index contributed by atoms with van der Waals surface area (Å²) in [6.07, 6.45) is 4.69. The second-order valence-corrected chi connectivity index (χ2v) is 11.2. The zero-order valence-electron chi connectivity index (χ0n) is 17.5. The van der Waals surface area contributed by atoms with Gasteiger partial charge in [0.05, 0.1) is 4.90 Å². The smallest absolute Gasteiger partial charge is 0.241 e. The maximum absolute atomic E-state index is 13.3. The lowest BCUT2D eigenvalue weighted by atomic mass is 9.87. The number of nitrogens with one attached hydrogen (secondary N) is 1. The number of benzene rings is 2. The molecule has 1 saturated carbocycles. The van der Waals surface area contributed by atoms with Crippen LogP contribution < -0.4 is 9.62 Å². The van der Waals surface area contributed by atoms with Crippen molar-refractivity contribution < 1.29 is 13.2 Å². The molecule has 5 rings (SSSR count). The molecular formula is C24H28N2O3S. The zero-order chi connectivity index (χ0) is 21.1. The normalized spacial score (nSPS) is 22.5. The molecular weight excluding hydrogens is 396 g/mol. The lowest BCUT2D eigenvalue weighted by Crippen LogP contribution is -2.34. The zero-order valence-corrected chi connectivity index (χ0v) is 18.3. The third-order valence-corrected chi connectivity index (χ3v) is 8.18. The van der Waals surface area contributed by atoms with E-state index in [9.17, 15) is 13.2 Å². The topological polar surface area (TPSA) is 66.5 Å². The number of anilines is 1. The van der Waals surface area contributed by atoms with Gasteiger partial charge in [0.15, 0.2) is 0 Å². The summed E-state index contributed by atoms with van der Waals surface area (Å²) in [7, 11) is -3.67. The number of rotatable bonds is 4. The maximum Gasteiger partial charge on any atom is 0.241 e. The molecule has 2 aromatic carbocycles. The van der Waals surface area contributed by atoms with Crippen LogP contribution in [0.4, 0.5) is 5.69 Å². The van der Waals surface area contributed by atoms with Crippen molar-refractivity contribution in [2.24, 2.45) is 5.92 Å². The standard InChI is InChI=1S/C24H28N2O3S/c1-24(2)15-26(23(27)17-10-11-17)22-13-12-18(14-20(22)24)30(28,29)25-21-9-5-7-16-6-3-4-8-19(16)21/h3-4,6,8,12-14,17,21,25H,5,7,9-11,15H2,1-2H3. The van der Waals surface area contributed by atoms with Crippen molar-refractivity contribution >= 4 is 21.6 Å². The number of carbonyl (C=O) groups excluding carboxylic acids is 1. The van der Waals surface area contributed by atoms with Gasteiger partial charge in [-0.1, -0.05) is 38.1 Å². The second-order valence-electron chi connectivity index (χ2n) is 9.53. The molecule has 30 heavy (non-hydrogen) atoms. The van der Waals surface area contributed by atoms with Crippen molar-refractivity contribution in [3.8, 4) is 0 Å². The average Bonchev–Trinajstić information content (AvgIpc) is 3.53. The summed E-state index contributed by atoms with van der Waals surface area (Å²) in [5, 5.41) is 0. The first-order valence-corrected chi connectivity index (χ1v) is 12.3. The SMILES string of the molecule is CC1(C)CN(C(=O)C2CC2)c2ccc(S(=O)(=O)NC3CCCc4ccccc43)cc21. The molecule has 2 aliphatic carbocycles. The fourth-order valence-electron chi connectivity index (χ4n) is 4.90. The Morgan fingerprint density at radius 1 is 1.10 bits per heavy atom. The number of amides is 1. The highest BCUT2D eigenvalue weighted by atomic mass is 32.2. The van der Waals surface area contributed by atoms with Crippen LogP contribution >= 0.6 is 0 Å². The summed E-state index contributed by atoms with van der Waals surface area (Å²) in [4.78, 5) is 14.8. The van der Waals surface area contributed by atoms with Crippen LogP contribution in [-0.2, 0) is 26.7 Å². The highest BCUT2D eigenvalue weighted by molar-refractivity contribution is 7.89. The van der Waals surface area contributed by atoms with E-state index < -0.39 is 10.0 Å². The van der Waals surface area contributed by atoms with Crippen LogP contribution in [0.25, 0.3) is 0 Å². The minimum absolute atomic E-state index is 0.142. The van der Waals surface area contributed by atoms with Gasteiger partial charge in [0.25, 0.3) is 0 Å². The summed E-state index contributed by atoms with van der Waals surface area (Å²) in [5.41, 5.74) is 3.82. The highest BCUT2D eigenvalue weighted by Gasteiger charge is 2.43. The van der Waals surface area contributed by atoms with Gasteiger partial charge < -0.3 is 4.90 Å². The molecule has 0 bridgehead atoms. The molecule has 1 atom stereocenters. The number of fused-ring (bicyclic) bond motifs is 2. The summed E-state index contributed by atoms with van der Waals surface area (Å²) >= 11 is 0. The Kier molecular flexibility index (Phi) is 4.56. The molecule has 3 aliphatic rings. The average molecular weight is 425 g/mol. The van der Waals surface area contributed by atoms with Crippen LogP contribution in [-0.4, -0.2) is 20.9 Å². The van der Waals surface area contributed by atoms with Crippen LogP contribution in [0.3, 0.4) is 0 Å². The van der Waals surface area contributed by atoms with Gasteiger partial charge in [0, 0.05) is 29.6 Å². The Labute approximate surface area is 178 Å². The number of nitrogens with zero attached hydrogens (tertiary/aromatic N) is 1. The van der Waals surface area contributed by atoms with Crippen molar-refractivity contribution in [2.75, 3.05) is 11.4 Å². The van der Waals surface area contributed by atoms with Crippen LogP contribution in [0.2, 0.25) is 0 Å². The quantitative estimate of drug-likeness (QED) is 0.804. The van der Waals surface area contributed by atoms with Gasteiger partial charge in [0.2, 0.25) is 15.9 Å². The predicted octanol–water partition coefficient (Wildman–Crippen LogP) is 4.08. The molecule has 6 heteroatoms. The molecule has 0 aromatic heterocycles. The first-order valence-electron chi connectivity index (χ1n) is 10.8. The van der Waals surface area contributed by atoms with Crippen molar-refractivity contribution in [3.63, 3.8) is 0 Å². The lowest BCUT2D eigenvalue weighted by molar-refractivity contribution is -0.119. The number of aryl methyl sites for hydroxylation is 1. The van der Waals surface area contributed by atoms with Crippen LogP contribution in [0.5, 0.6) is 0 Å². The number of hydrogen-bond acceptors (Lipinski definition) is 3.